The molecule has 0 spiro atoms. The van der Waals surface area contributed by atoms with Gasteiger partial charge in [-0.15, -0.1) is 0 Å². The Bertz CT molecular complexity index is 1090. The summed E-state index contributed by atoms with van der Waals surface area (Å²) in [5.41, 5.74) is 3.15. The van der Waals surface area contributed by atoms with E-state index in [0.29, 0.717) is 15.8 Å². The molecule has 5 nitrogen and oxygen atoms in total. The Kier molecular flexibility index (Phi) is 5.73. The summed E-state index contributed by atoms with van der Waals surface area (Å²) in [6.07, 6.45) is 8.35. The molecule has 0 atom stereocenters. The minimum Gasteiger partial charge on any atom is -0.392 e. The van der Waals surface area contributed by atoms with Gasteiger partial charge in [-0.05, 0) is 35.4 Å². The molecule has 26 heavy (non-hydrogen) atoms. The predicted octanol–water partition coefficient (Wildman–Crippen LogP) is 4.70. The Morgan fingerprint density at radius 1 is 0.885 bits per heavy atom. The Morgan fingerprint density at radius 3 is 2.04 bits per heavy atom. The van der Waals surface area contributed by atoms with Gasteiger partial charge in [-0.1, -0.05) is 35.9 Å². The zero-order chi connectivity index (χ0) is 18.5. The molecule has 7 heteroatoms. The van der Waals surface area contributed by atoms with Crippen LogP contribution in [0.1, 0.15) is 11.1 Å². The zero-order valence-electron chi connectivity index (χ0n) is 13.6. The van der Waals surface area contributed by atoms with Gasteiger partial charge in [-0.2, -0.15) is 0 Å². The van der Waals surface area contributed by atoms with E-state index >= 15 is 0 Å². The van der Waals surface area contributed by atoms with Crippen LogP contribution in [0, 0.1) is 0 Å². The number of hydrogen-bond acceptors (Lipinski definition) is 5. The fourth-order valence-electron chi connectivity index (χ4n) is 2.31. The van der Waals surface area contributed by atoms with E-state index in [0.717, 1.165) is 27.4 Å². The molecule has 0 aliphatic rings. The summed E-state index contributed by atoms with van der Waals surface area (Å²) in [6, 6.07) is 7.51. The van der Waals surface area contributed by atoms with Crippen LogP contribution in [0.15, 0.2) is 55.6 Å². The lowest BCUT2D eigenvalue weighted by Crippen LogP contribution is -1.88. The molecule has 0 saturated heterocycles. The van der Waals surface area contributed by atoms with E-state index in [9.17, 15) is 0 Å². The number of fused-ring (bicyclic) bond motifs is 2. The first kappa shape index (κ1) is 18.2. The van der Waals surface area contributed by atoms with Crippen molar-refractivity contribution in [3.8, 4) is 0 Å². The normalized spacial score (nSPS) is 10.4. The molecule has 0 aromatic carbocycles. The maximum Gasteiger partial charge on any atom is 0.155 e. The number of hydrogen-bond donors (Lipinski definition) is 1. The molecule has 0 aliphatic carbocycles. The summed E-state index contributed by atoms with van der Waals surface area (Å²) in [6.45, 7) is 3.66. The van der Waals surface area contributed by atoms with Crippen molar-refractivity contribution in [1.82, 2.24) is 19.9 Å². The van der Waals surface area contributed by atoms with Crippen molar-refractivity contribution in [3.63, 3.8) is 0 Å². The molecule has 1 N–H and O–H groups in total. The SMILES string of the molecule is C=Cc1cnc2c(Cl)nccc2c1.OCc1cnc2c(Cl)nccc2c1. The van der Waals surface area contributed by atoms with Gasteiger partial charge < -0.3 is 5.11 Å². The molecule has 0 fully saturated rings. The molecule has 4 aromatic rings. The second-order valence-electron chi connectivity index (χ2n) is 5.32. The van der Waals surface area contributed by atoms with E-state index in [2.05, 4.69) is 26.5 Å². The second kappa shape index (κ2) is 8.19. The maximum absolute atomic E-state index is 8.88. The van der Waals surface area contributed by atoms with Crippen molar-refractivity contribution >= 4 is 51.1 Å². The quantitative estimate of drug-likeness (QED) is 0.507. The Labute approximate surface area is 160 Å². The molecular weight excluding hydrogens is 371 g/mol. The van der Waals surface area contributed by atoms with Crippen LogP contribution in [0.25, 0.3) is 27.9 Å². The highest BCUT2D eigenvalue weighted by molar-refractivity contribution is 6.34. The number of aliphatic hydroxyl groups is 1. The van der Waals surface area contributed by atoms with E-state index in [1.165, 1.54) is 0 Å². The summed E-state index contributed by atoms with van der Waals surface area (Å²) in [7, 11) is 0. The van der Waals surface area contributed by atoms with Crippen LogP contribution in [0.2, 0.25) is 10.3 Å². The van der Waals surface area contributed by atoms with Gasteiger partial charge in [-0.3, -0.25) is 9.97 Å². The number of rotatable bonds is 2. The van der Waals surface area contributed by atoms with Gasteiger partial charge in [0, 0.05) is 35.6 Å². The summed E-state index contributed by atoms with van der Waals surface area (Å²) < 4.78 is 0. The fraction of sp³-hybridized carbons (Fsp3) is 0.0526. The van der Waals surface area contributed by atoms with Gasteiger partial charge in [0.25, 0.3) is 0 Å². The third kappa shape index (κ3) is 3.96. The van der Waals surface area contributed by atoms with Gasteiger partial charge in [0.05, 0.1) is 6.61 Å². The molecule has 0 saturated carbocycles. The summed E-state index contributed by atoms with van der Waals surface area (Å²) >= 11 is 11.7. The topological polar surface area (TPSA) is 71.8 Å². The van der Waals surface area contributed by atoms with Crippen LogP contribution in [0.5, 0.6) is 0 Å². The first-order chi connectivity index (χ1) is 12.6. The zero-order valence-corrected chi connectivity index (χ0v) is 15.1. The van der Waals surface area contributed by atoms with E-state index in [-0.39, 0.29) is 6.61 Å². The van der Waals surface area contributed by atoms with E-state index in [4.69, 9.17) is 28.3 Å². The highest BCUT2D eigenvalue weighted by atomic mass is 35.5. The summed E-state index contributed by atoms with van der Waals surface area (Å²) in [5, 5.41) is 11.6. The van der Waals surface area contributed by atoms with E-state index < -0.39 is 0 Å². The minimum absolute atomic E-state index is 0.0110. The maximum atomic E-state index is 8.88. The standard InChI is InChI=1S/C10H7ClN2.C9H7ClN2O/c1-2-7-5-8-3-4-12-10(11)9(8)13-6-7;10-9-8-7(1-2-11-9)3-6(5-13)4-12-8/h2-6H,1H2;1-4,13H,5H2. The lowest BCUT2D eigenvalue weighted by atomic mass is 10.2. The van der Waals surface area contributed by atoms with Gasteiger partial charge >= 0.3 is 0 Å². The average Bonchev–Trinajstić information content (AvgIpc) is 2.68. The van der Waals surface area contributed by atoms with Crippen molar-refractivity contribution in [3.05, 3.63) is 77.1 Å². The average molecular weight is 385 g/mol. The van der Waals surface area contributed by atoms with Gasteiger partial charge in [-0.25, -0.2) is 9.97 Å². The largest absolute Gasteiger partial charge is 0.392 e. The number of nitrogens with zero attached hydrogens (tertiary/aromatic N) is 4. The first-order valence-corrected chi connectivity index (χ1v) is 8.40. The predicted molar refractivity (Wildman–Crippen MR) is 105 cm³/mol. The van der Waals surface area contributed by atoms with Crippen molar-refractivity contribution < 1.29 is 5.11 Å². The Morgan fingerprint density at radius 2 is 1.46 bits per heavy atom. The molecule has 4 rings (SSSR count). The number of aromatic nitrogens is 4. The van der Waals surface area contributed by atoms with Crippen molar-refractivity contribution in [2.45, 2.75) is 6.61 Å². The van der Waals surface area contributed by atoms with Crippen LogP contribution in [0.4, 0.5) is 0 Å². The van der Waals surface area contributed by atoms with Crippen molar-refractivity contribution in [1.29, 1.82) is 0 Å². The number of halogens is 2. The highest BCUT2D eigenvalue weighted by Gasteiger charge is 2.01. The summed E-state index contributed by atoms with van der Waals surface area (Å²) in [4.78, 5) is 16.1. The number of aliphatic hydroxyl groups excluding tert-OH is 1. The van der Waals surface area contributed by atoms with Crippen molar-refractivity contribution in [2.75, 3.05) is 0 Å². The third-order valence-electron chi connectivity index (χ3n) is 3.61. The molecular formula is C19H14Cl2N4O. The molecule has 0 bridgehead atoms. The van der Waals surface area contributed by atoms with Gasteiger partial charge in [0.2, 0.25) is 0 Å². The molecule has 0 unspecified atom stereocenters. The number of pyridine rings is 4. The van der Waals surface area contributed by atoms with Crippen LogP contribution in [0.3, 0.4) is 0 Å². The lowest BCUT2D eigenvalue weighted by Gasteiger charge is -2.00. The molecule has 0 aliphatic heterocycles. The van der Waals surface area contributed by atoms with Gasteiger partial charge in [0.1, 0.15) is 11.0 Å². The minimum atomic E-state index is -0.0110. The summed E-state index contributed by atoms with van der Waals surface area (Å²) in [5.74, 6) is 0. The molecule has 0 amide bonds. The first-order valence-electron chi connectivity index (χ1n) is 7.65. The second-order valence-corrected chi connectivity index (χ2v) is 6.04. The Hall–Kier alpha value is -2.60. The molecule has 0 radical (unpaired) electrons. The van der Waals surface area contributed by atoms with Crippen LogP contribution < -0.4 is 0 Å². The monoisotopic (exact) mass is 384 g/mol. The molecule has 4 heterocycles. The molecule has 4 aromatic heterocycles. The fourth-order valence-corrected chi connectivity index (χ4v) is 2.74. The van der Waals surface area contributed by atoms with E-state index in [1.54, 1.807) is 30.9 Å². The van der Waals surface area contributed by atoms with E-state index in [1.807, 2.05) is 24.3 Å². The highest BCUT2D eigenvalue weighted by Crippen LogP contribution is 2.20. The smallest absolute Gasteiger partial charge is 0.155 e. The van der Waals surface area contributed by atoms with Gasteiger partial charge in [0.15, 0.2) is 10.3 Å². The van der Waals surface area contributed by atoms with Crippen LogP contribution in [-0.2, 0) is 6.61 Å². The third-order valence-corrected chi connectivity index (χ3v) is 4.16. The van der Waals surface area contributed by atoms with Crippen molar-refractivity contribution in [2.24, 2.45) is 0 Å². The Balaban J connectivity index is 0.000000151. The lowest BCUT2D eigenvalue weighted by molar-refractivity contribution is 0.281. The molecule has 130 valence electrons. The van der Waals surface area contributed by atoms with Crippen LogP contribution in [-0.4, -0.2) is 25.0 Å². The van der Waals surface area contributed by atoms with Crippen LogP contribution >= 0.6 is 23.2 Å².